The van der Waals surface area contributed by atoms with E-state index in [0.717, 1.165) is 11.1 Å². The van der Waals surface area contributed by atoms with Gasteiger partial charge in [0.25, 0.3) is 10.0 Å². The SMILES string of the molecule is Cc1ccc(C(=O)/C=C\Nc2ccccc2NS(=O)(=O)c2ccc(C)cc2)cc1. The number of nitrogens with one attached hydrogen (secondary N) is 2. The molecule has 0 bridgehead atoms. The largest absolute Gasteiger partial charge is 0.360 e. The highest BCUT2D eigenvalue weighted by Gasteiger charge is 2.15. The number of ketones is 1. The summed E-state index contributed by atoms with van der Waals surface area (Å²) in [4.78, 5) is 12.4. The molecule has 0 aromatic heterocycles. The molecule has 3 rings (SSSR count). The fraction of sp³-hybridized carbons (Fsp3) is 0.0870. The normalized spacial score (nSPS) is 11.4. The third kappa shape index (κ3) is 5.33. The Morgan fingerprint density at radius 2 is 1.34 bits per heavy atom. The standard InChI is InChI=1S/C23H22N2O3S/c1-17-7-11-19(12-8-17)23(26)15-16-24-21-5-3-4-6-22(21)25-29(27,28)20-13-9-18(2)10-14-20/h3-16,24-25H,1-2H3/b16-15-. The van der Waals surface area contributed by atoms with Crippen LogP contribution in [0.1, 0.15) is 21.5 Å². The van der Waals surface area contributed by atoms with E-state index in [9.17, 15) is 13.2 Å². The van der Waals surface area contributed by atoms with E-state index in [0.29, 0.717) is 16.9 Å². The number of carbonyl (C=O) groups is 1. The molecular formula is C23H22N2O3S. The first-order valence-corrected chi connectivity index (χ1v) is 10.6. The molecule has 0 unspecified atom stereocenters. The molecule has 0 atom stereocenters. The van der Waals surface area contributed by atoms with Crippen LogP contribution >= 0.6 is 0 Å². The van der Waals surface area contributed by atoms with Crippen molar-refractivity contribution in [1.29, 1.82) is 0 Å². The summed E-state index contributed by atoms with van der Waals surface area (Å²) in [5.74, 6) is -0.143. The Kier molecular flexibility index (Phi) is 6.14. The zero-order valence-corrected chi connectivity index (χ0v) is 17.0. The number of sulfonamides is 1. The highest BCUT2D eigenvalue weighted by atomic mass is 32.2. The number of para-hydroxylation sites is 2. The molecule has 29 heavy (non-hydrogen) atoms. The summed E-state index contributed by atoms with van der Waals surface area (Å²) in [7, 11) is -3.72. The van der Waals surface area contributed by atoms with E-state index < -0.39 is 10.0 Å². The van der Waals surface area contributed by atoms with Gasteiger partial charge in [-0.3, -0.25) is 9.52 Å². The van der Waals surface area contributed by atoms with Gasteiger partial charge in [-0.05, 0) is 38.1 Å². The predicted octanol–water partition coefficient (Wildman–Crippen LogP) is 4.91. The average Bonchev–Trinajstić information content (AvgIpc) is 2.70. The number of rotatable bonds is 7. The van der Waals surface area contributed by atoms with Crippen molar-refractivity contribution in [2.24, 2.45) is 0 Å². The molecule has 0 spiro atoms. The summed E-state index contributed by atoms with van der Waals surface area (Å²) in [5, 5.41) is 2.98. The lowest BCUT2D eigenvalue weighted by Gasteiger charge is -2.12. The minimum atomic E-state index is -3.72. The molecule has 0 aliphatic carbocycles. The zero-order valence-electron chi connectivity index (χ0n) is 16.2. The molecule has 0 radical (unpaired) electrons. The van der Waals surface area contributed by atoms with Crippen molar-refractivity contribution < 1.29 is 13.2 Å². The molecule has 0 heterocycles. The van der Waals surface area contributed by atoms with Crippen molar-refractivity contribution in [2.75, 3.05) is 10.0 Å². The number of hydrogen-bond acceptors (Lipinski definition) is 4. The Balaban J connectivity index is 1.74. The molecule has 0 amide bonds. The summed E-state index contributed by atoms with van der Waals surface area (Å²) < 4.78 is 27.9. The van der Waals surface area contributed by atoms with Gasteiger partial charge < -0.3 is 5.32 Å². The lowest BCUT2D eigenvalue weighted by molar-refractivity contribution is 0.104. The van der Waals surface area contributed by atoms with E-state index in [-0.39, 0.29) is 10.7 Å². The van der Waals surface area contributed by atoms with E-state index in [2.05, 4.69) is 10.0 Å². The smallest absolute Gasteiger partial charge is 0.261 e. The third-order valence-electron chi connectivity index (χ3n) is 4.31. The van der Waals surface area contributed by atoms with Crippen LogP contribution in [0.5, 0.6) is 0 Å². The lowest BCUT2D eigenvalue weighted by Crippen LogP contribution is -2.14. The number of allylic oxidation sites excluding steroid dienone is 1. The number of carbonyl (C=O) groups excluding carboxylic acids is 1. The van der Waals surface area contributed by atoms with Crippen LogP contribution in [0.25, 0.3) is 0 Å². The Labute approximate surface area is 171 Å². The molecule has 3 aromatic carbocycles. The van der Waals surface area contributed by atoms with E-state index in [1.807, 2.05) is 26.0 Å². The van der Waals surface area contributed by atoms with Gasteiger partial charge in [0.15, 0.2) is 5.78 Å². The molecule has 0 aliphatic rings. The molecule has 0 saturated carbocycles. The first-order valence-electron chi connectivity index (χ1n) is 9.08. The van der Waals surface area contributed by atoms with Gasteiger partial charge in [0.2, 0.25) is 0 Å². The summed E-state index contributed by atoms with van der Waals surface area (Å²) in [6.07, 6.45) is 2.91. The monoisotopic (exact) mass is 406 g/mol. The highest BCUT2D eigenvalue weighted by molar-refractivity contribution is 7.92. The fourth-order valence-corrected chi connectivity index (χ4v) is 3.72. The van der Waals surface area contributed by atoms with E-state index in [1.54, 1.807) is 60.7 Å². The highest BCUT2D eigenvalue weighted by Crippen LogP contribution is 2.24. The molecular weight excluding hydrogens is 384 g/mol. The van der Waals surface area contributed by atoms with Crippen molar-refractivity contribution in [3.63, 3.8) is 0 Å². The third-order valence-corrected chi connectivity index (χ3v) is 5.69. The van der Waals surface area contributed by atoms with Crippen LogP contribution in [0.3, 0.4) is 0 Å². The molecule has 0 saturated heterocycles. The Hall–Kier alpha value is -3.38. The summed E-state index contributed by atoms with van der Waals surface area (Å²) in [6, 6.07) is 20.8. The maximum absolute atomic E-state index is 12.6. The molecule has 5 nitrogen and oxygen atoms in total. The van der Waals surface area contributed by atoms with Crippen LogP contribution in [0.2, 0.25) is 0 Å². The first kappa shape index (κ1) is 20.4. The van der Waals surface area contributed by atoms with Crippen molar-refractivity contribution in [1.82, 2.24) is 0 Å². The minimum absolute atomic E-state index is 0.143. The van der Waals surface area contributed by atoms with Gasteiger partial charge in [0.05, 0.1) is 16.3 Å². The Morgan fingerprint density at radius 1 is 0.793 bits per heavy atom. The number of benzene rings is 3. The quantitative estimate of drug-likeness (QED) is 0.432. The van der Waals surface area contributed by atoms with Gasteiger partial charge in [-0.1, -0.05) is 59.7 Å². The van der Waals surface area contributed by atoms with Crippen LogP contribution in [-0.2, 0) is 10.0 Å². The second kappa shape index (κ2) is 8.75. The summed E-state index contributed by atoms with van der Waals surface area (Å²) >= 11 is 0. The van der Waals surface area contributed by atoms with Crippen LogP contribution in [0.15, 0.2) is 90.0 Å². The van der Waals surface area contributed by atoms with Crippen LogP contribution in [0.4, 0.5) is 11.4 Å². The lowest BCUT2D eigenvalue weighted by atomic mass is 10.1. The molecule has 3 aromatic rings. The van der Waals surface area contributed by atoms with E-state index >= 15 is 0 Å². The Morgan fingerprint density at radius 3 is 1.97 bits per heavy atom. The van der Waals surface area contributed by atoms with Crippen molar-refractivity contribution in [2.45, 2.75) is 18.7 Å². The van der Waals surface area contributed by atoms with Gasteiger partial charge in [-0.15, -0.1) is 0 Å². The van der Waals surface area contributed by atoms with E-state index in [4.69, 9.17) is 0 Å². The van der Waals surface area contributed by atoms with Crippen molar-refractivity contribution in [3.05, 3.63) is 102 Å². The maximum Gasteiger partial charge on any atom is 0.261 e. The van der Waals surface area contributed by atoms with E-state index in [1.165, 1.54) is 12.3 Å². The van der Waals surface area contributed by atoms with Gasteiger partial charge in [-0.25, -0.2) is 8.42 Å². The number of aryl methyl sites for hydroxylation is 2. The number of anilines is 2. The Bertz CT molecular complexity index is 1130. The molecule has 0 fully saturated rings. The van der Waals surface area contributed by atoms with Gasteiger partial charge >= 0.3 is 0 Å². The van der Waals surface area contributed by atoms with Gasteiger partial charge in [0.1, 0.15) is 0 Å². The fourth-order valence-electron chi connectivity index (χ4n) is 2.64. The van der Waals surface area contributed by atoms with Crippen molar-refractivity contribution in [3.8, 4) is 0 Å². The summed E-state index contributed by atoms with van der Waals surface area (Å²) in [6.45, 7) is 3.85. The summed E-state index contributed by atoms with van der Waals surface area (Å²) in [5.41, 5.74) is 3.58. The predicted molar refractivity (Wildman–Crippen MR) is 117 cm³/mol. The minimum Gasteiger partial charge on any atom is -0.360 e. The van der Waals surface area contributed by atoms with Crippen LogP contribution < -0.4 is 10.0 Å². The van der Waals surface area contributed by atoms with Gasteiger partial charge in [-0.2, -0.15) is 0 Å². The van der Waals surface area contributed by atoms with Crippen molar-refractivity contribution >= 4 is 27.2 Å². The zero-order chi connectivity index (χ0) is 20.9. The molecule has 0 aliphatic heterocycles. The second-order valence-corrected chi connectivity index (χ2v) is 8.35. The van der Waals surface area contributed by atoms with Crippen LogP contribution in [-0.4, -0.2) is 14.2 Å². The topological polar surface area (TPSA) is 75.3 Å². The molecule has 2 N–H and O–H groups in total. The average molecular weight is 407 g/mol. The molecule has 148 valence electrons. The number of hydrogen-bond donors (Lipinski definition) is 2. The molecule has 6 heteroatoms. The van der Waals surface area contributed by atoms with Gasteiger partial charge in [0, 0.05) is 17.8 Å². The first-order chi connectivity index (χ1) is 13.8. The second-order valence-electron chi connectivity index (χ2n) is 6.67. The van der Waals surface area contributed by atoms with Crippen LogP contribution in [0, 0.1) is 13.8 Å². The maximum atomic E-state index is 12.6.